The Morgan fingerprint density at radius 3 is 2.68 bits per heavy atom. The minimum atomic E-state index is 0.217. The van der Waals surface area contributed by atoms with E-state index < -0.39 is 0 Å². The normalized spacial score (nSPS) is 20.1. The van der Waals surface area contributed by atoms with Crippen LogP contribution in [0.2, 0.25) is 0 Å². The summed E-state index contributed by atoms with van der Waals surface area (Å²) in [7, 11) is 0. The Morgan fingerprint density at radius 2 is 2.05 bits per heavy atom. The summed E-state index contributed by atoms with van der Waals surface area (Å²) in [5.41, 5.74) is 3.79. The van der Waals surface area contributed by atoms with Crippen molar-refractivity contribution in [3.05, 3.63) is 23.5 Å². The van der Waals surface area contributed by atoms with Gasteiger partial charge in [0.25, 0.3) is 0 Å². The van der Waals surface area contributed by atoms with Crippen LogP contribution in [0.1, 0.15) is 38.6 Å². The molecule has 1 fully saturated rings. The number of nitrogens with one attached hydrogen (secondary N) is 1. The number of rotatable bonds is 3. The van der Waals surface area contributed by atoms with Crippen molar-refractivity contribution in [3.63, 3.8) is 0 Å². The van der Waals surface area contributed by atoms with Crippen molar-refractivity contribution in [2.75, 3.05) is 24.5 Å². The zero-order valence-corrected chi connectivity index (χ0v) is 13.0. The van der Waals surface area contributed by atoms with Crippen LogP contribution in [0.3, 0.4) is 0 Å². The Balaban J connectivity index is 1.94. The molecule has 2 heterocycles. The Morgan fingerprint density at radius 1 is 1.32 bits per heavy atom. The second kappa shape index (κ2) is 5.49. The molecule has 2 rings (SSSR count). The summed E-state index contributed by atoms with van der Waals surface area (Å²) in [5, 5.41) is 3.62. The van der Waals surface area contributed by atoms with E-state index in [4.69, 9.17) is 0 Å². The highest BCUT2D eigenvalue weighted by atomic mass is 15.2. The molecule has 0 bridgehead atoms. The molecule has 0 aromatic carbocycles. The molecule has 0 spiro atoms. The van der Waals surface area contributed by atoms with Gasteiger partial charge in [0.05, 0.1) is 11.4 Å². The van der Waals surface area contributed by atoms with Gasteiger partial charge in [-0.15, -0.1) is 0 Å². The van der Waals surface area contributed by atoms with E-state index in [0.29, 0.717) is 0 Å². The molecule has 0 aliphatic carbocycles. The number of pyridine rings is 1. The molecule has 0 saturated carbocycles. The minimum Gasteiger partial charge on any atom is -0.370 e. The molecule has 1 unspecified atom stereocenters. The van der Waals surface area contributed by atoms with E-state index in [0.717, 1.165) is 36.9 Å². The highest BCUT2D eigenvalue weighted by molar-refractivity contribution is 5.51. The van der Waals surface area contributed by atoms with E-state index >= 15 is 0 Å². The second-order valence-corrected chi connectivity index (χ2v) is 6.79. The van der Waals surface area contributed by atoms with Gasteiger partial charge in [0.1, 0.15) is 0 Å². The van der Waals surface area contributed by atoms with Crippen LogP contribution < -0.4 is 10.2 Å². The van der Waals surface area contributed by atoms with Crippen LogP contribution in [0.15, 0.2) is 12.1 Å². The van der Waals surface area contributed by atoms with E-state index in [1.54, 1.807) is 0 Å². The second-order valence-electron chi connectivity index (χ2n) is 6.79. The highest BCUT2D eigenvalue weighted by Crippen LogP contribution is 2.26. The fraction of sp³-hybridized carbons (Fsp3) is 0.688. The first kappa shape index (κ1) is 14.3. The fourth-order valence-corrected chi connectivity index (χ4v) is 2.68. The summed E-state index contributed by atoms with van der Waals surface area (Å²) in [6, 6.07) is 4.33. The van der Waals surface area contributed by atoms with Gasteiger partial charge in [-0.1, -0.05) is 0 Å². The predicted octanol–water partition coefficient (Wildman–Crippen LogP) is 2.91. The van der Waals surface area contributed by atoms with Gasteiger partial charge in [0, 0.05) is 30.9 Å². The fourth-order valence-electron chi connectivity index (χ4n) is 2.68. The number of hydrogen-bond acceptors (Lipinski definition) is 3. The number of aromatic nitrogens is 1. The van der Waals surface area contributed by atoms with Crippen LogP contribution in [0.25, 0.3) is 0 Å². The average Bonchev–Trinajstić information content (AvgIpc) is 2.74. The molecule has 3 nitrogen and oxygen atoms in total. The maximum atomic E-state index is 4.57. The van der Waals surface area contributed by atoms with Gasteiger partial charge in [0.15, 0.2) is 0 Å². The van der Waals surface area contributed by atoms with Gasteiger partial charge >= 0.3 is 0 Å². The zero-order valence-electron chi connectivity index (χ0n) is 13.0. The summed E-state index contributed by atoms with van der Waals surface area (Å²) in [6.45, 7) is 14.3. The molecule has 106 valence electrons. The largest absolute Gasteiger partial charge is 0.370 e. The predicted molar refractivity (Wildman–Crippen MR) is 81.8 cm³/mol. The average molecular weight is 261 g/mol. The lowest BCUT2D eigenvalue weighted by molar-refractivity contribution is 0.383. The molecular weight excluding hydrogens is 234 g/mol. The van der Waals surface area contributed by atoms with Gasteiger partial charge in [-0.25, -0.2) is 0 Å². The van der Waals surface area contributed by atoms with Gasteiger partial charge in [-0.3, -0.25) is 4.98 Å². The number of hydrogen-bond donors (Lipinski definition) is 1. The van der Waals surface area contributed by atoms with E-state index in [2.05, 4.69) is 62.0 Å². The zero-order chi connectivity index (χ0) is 14.0. The molecule has 1 N–H and O–H groups in total. The highest BCUT2D eigenvalue weighted by Gasteiger charge is 2.24. The summed E-state index contributed by atoms with van der Waals surface area (Å²) >= 11 is 0. The van der Waals surface area contributed by atoms with Crippen LogP contribution in [0.5, 0.6) is 0 Å². The molecule has 1 atom stereocenters. The van der Waals surface area contributed by atoms with Crippen LogP contribution in [0.4, 0.5) is 5.69 Å². The Bertz CT molecular complexity index is 434. The van der Waals surface area contributed by atoms with Crippen molar-refractivity contribution in [1.29, 1.82) is 0 Å². The lowest BCUT2D eigenvalue weighted by atomic mass is 10.1. The van der Waals surface area contributed by atoms with Crippen molar-refractivity contribution in [1.82, 2.24) is 10.3 Å². The van der Waals surface area contributed by atoms with Crippen molar-refractivity contribution in [2.45, 2.75) is 46.6 Å². The molecule has 1 saturated heterocycles. The summed E-state index contributed by atoms with van der Waals surface area (Å²) < 4.78 is 0. The van der Waals surface area contributed by atoms with Crippen LogP contribution >= 0.6 is 0 Å². The van der Waals surface area contributed by atoms with Crippen LogP contribution in [0, 0.1) is 19.8 Å². The van der Waals surface area contributed by atoms with Crippen molar-refractivity contribution in [3.8, 4) is 0 Å². The molecule has 3 heteroatoms. The van der Waals surface area contributed by atoms with Gasteiger partial charge < -0.3 is 10.2 Å². The summed E-state index contributed by atoms with van der Waals surface area (Å²) in [6.07, 6.45) is 1.27. The topological polar surface area (TPSA) is 28.2 Å². The van der Waals surface area contributed by atoms with Crippen molar-refractivity contribution >= 4 is 5.69 Å². The quantitative estimate of drug-likeness (QED) is 0.907. The number of aryl methyl sites for hydroxylation is 2. The van der Waals surface area contributed by atoms with Crippen LogP contribution in [-0.2, 0) is 0 Å². The lowest BCUT2D eigenvalue weighted by Crippen LogP contribution is -2.39. The molecule has 1 aromatic heterocycles. The van der Waals surface area contributed by atoms with E-state index in [1.165, 1.54) is 12.1 Å². The third-order valence-electron chi connectivity index (χ3n) is 3.74. The Labute approximate surface area is 117 Å². The van der Waals surface area contributed by atoms with Crippen molar-refractivity contribution in [2.24, 2.45) is 5.92 Å². The molecule has 0 radical (unpaired) electrons. The van der Waals surface area contributed by atoms with Gasteiger partial charge in [0.2, 0.25) is 0 Å². The van der Waals surface area contributed by atoms with Crippen LogP contribution in [-0.4, -0.2) is 30.2 Å². The maximum Gasteiger partial charge on any atom is 0.0608 e. The molecule has 1 aliphatic heterocycles. The third kappa shape index (κ3) is 3.93. The lowest BCUT2D eigenvalue weighted by Gasteiger charge is -2.24. The standard InChI is InChI=1S/C16H27N3/c1-12-6-7-15(13(2)18-12)19-9-8-14(11-19)10-17-16(3,4)5/h6-7,14,17H,8-11H2,1-5H3. The first-order valence-electron chi connectivity index (χ1n) is 7.29. The van der Waals surface area contributed by atoms with Crippen molar-refractivity contribution < 1.29 is 0 Å². The summed E-state index contributed by atoms with van der Waals surface area (Å²) in [5.74, 6) is 0.750. The molecular formula is C16H27N3. The van der Waals surface area contributed by atoms with Gasteiger partial charge in [-0.2, -0.15) is 0 Å². The first-order valence-corrected chi connectivity index (χ1v) is 7.29. The monoisotopic (exact) mass is 261 g/mol. The minimum absolute atomic E-state index is 0.217. The van der Waals surface area contributed by atoms with Gasteiger partial charge in [-0.05, 0) is 59.1 Å². The Kier molecular flexibility index (Phi) is 4.14. The Hall–Kier alpha value is -1.09. The van der Waals surface area contributed by atoms with E-state index in [1.807, 2.05) is 0 Å². The first-order chi connectivity index (χ1) is 8.85. The third-order valence-corrected chi connectivity index (χ3v) is 3.74. The smallest absolute Gasteiger partial charge is 0.0608 e. The van der Waals surface area contributed by atoms with E-state index in [-0.39, 0.29) is 5.54 Å². The molecule has 0 amide bonds. The maximum absolute atomic E-state index is 4.57. The molecule has 1 aliphatic rings. The molecule has 19 heavy (non-hydrogen) atoms. The summed E-state index contributed by atoms with van der Waals surface area (Å²) in [4.78, 5) is 7.05. The van der Waals surface area contributed by atoms with E-state index in [9.17, 15) is 0 Å². The molecule has 1 aromatic rings. The SMILES string of the molecule is Cc1ccc(N2CCC(CNC(C)(C)C)C2)c(C)n1. The number of nitrogens with zero attached hydrogens (tertiary/aromatic N) is 2. The number of anilines is 1.